The summed E-state index contributed by atoms with van der Waals surface area (Å²) in [5, 5.41) is 0. The summed E-state index contributed by atoms with van der Waals surface area (Å²) < 4.78 is 5.41. The van der Waals surface area contributed by atoms with E-state index in [1.54, 1.807) is 0 Å². The number of rotatable bonds is 4. The minimum Gasteiger partial charge on any atom is -0.419 e. The molecule has 0 aromatic rings. The van der Waals surface area contributed by atoms with Gasteiger partial charge in [0.2, 0.25) is 0 Å². The second-order valence-corrected chi connectivity index (χ2v) is 4.83. The third kappa shape index (κ3) is 3.67. The highest BCUT2D eigenvalue weighted by atomic mass is 28.3. The van der Waals surface area contributed by atoms with Crippen LogP contribution in [0, 0.1) is 0 Å². The Hall–Kier alpha value is 0.137. The van der Waals surface area contributed by atoms with Crippen molar-refractivity contribution in [2.45, 2.75) is 32.5 Å². The Morgan fingerprint density at radius 3 is 2.44 bits per heavy atom. The van der Waals surface area contributed by atoms with Gasteiger partial charge in [-0.15, -0.1) is 0 Å². The fourth-order valence-corrected chi connectivity index (χ4v) is 2.16. The number of nitrogens with two attached hydrogens (primary N) is 1. The molecule has 0 amide bonds. The lowest BCUT2D eigenvalue weighted by molar-refractivity contribution is 0.337. The minimum absolute atomic E-state index is 0.338. The van der Waals surface area contributed by atoms with Gasteiger partial charge in [-0.1, -0.05) is 6.92 Å². The molecule has 0 fully saturated rings. The molecule has 0 saturated carbocycles. The maximum Gasteiger partial charge on any atom is 0.190 e. The summed E-state index contributed by atoms with van der Waals surface area (Å²) in [5.74, 6) is 0. The van der Waals surface area contributed by atoms with Crippen molar-refractivity contribution in [1.82, 2.24) is 0 Å². The van der Waals surface area contributed by atoms with Crippen molar-refractivity contribution >= 4 is 9.04 Å². The van der Waals surface area contributed by atoms with Gasteiger partial charge in [0, 0.05) is 12.3 Å². The Morgan fingerprint density at radius 1 is 1.56 bits per heavy atom. The zero-order valence-corrected chi connectivity index (χ0v) is 7.71. The first-order chi connectivity index (χ1) is 4.22. The molecule has 3 heteroatoms. The highest BCUT2D eigenvalue weighted by Gasteiger charge is 2.11. The summed E-state index contributed by atoms with van der Waals surface area (Å²) in [6, 6.07) is 0. The van der Waals surface area contributed by atoms with Gasteiger partial charge in [0.05, 0.1) is 0 Å². The lowest BCUT2D eigenvalue weighted by Gasteiger charge is -2.15. The van der Waals surface area contributed by atoms with Crippen LogP contribution in [0.3, 0.4) is 0 Å². The van der Waals surface area contributed by atoms with E-state index in [0.717, 1.165) is 13.0 Å². The van der Waals surface area contributed by atoms with Crippen LogP contribution in [0.15, 0.2) is 0 Å². The molecule has 9 heavy (non-hydrogen) atoms. The summed E-state index contributed by atoms with van der Waals surface area (Å²) in [6.45, 7) is 7.10. The molecule has 0 rings (SSSR count). The van der Waals surface area contributed by atoms with Crippen LogP contribution in [-0.4, -0.2) is 21.3 Å². The van der Waals surface area contributed by atoms with Crippen LogP contribution >= 0.6 is 0 Å². The van der Waals surface area contributed by atoms with Crippen LogP contribution in [0.1, 0.15) is 20.3 Å². The van der Waals surface area contributed by atoms with Crippen LogP contribution in [0.5, 0.6) is 0 Å². The van der Waals surface area contributed by atoms with Crippen molar-refractivity contribution in [2.75, 3.05) is 6.61 Å². The van der Waals surface area contributed by atoms with Crippen molar-refractivity contribution in [3.8, 4) is 0 Å². The molecule has 0 aromatic carbocycles. The largest absolute Gasteiger partial charge is 0.419 e. The van der Waals surface area contributed by atoms with Crippen LogP contribution in [0.25, 0.3) is 0 Å². The molecule has 0 heterocycles. The molecule has 56 valence electrons. The van der Waals surface area contributed by atoms with Gasteiger partial charge >= 0.3 is 0 Å². The van der Waals surface area contributed by atoms with Gasteiger partial charge in [0.25, 0.3) is 0 Å². The standard InChI is InChI=1S/C6H17NOSi/c1-4-6(7)9(3)8-5-2/h6,9H,4-5,7H2,1-3H3. The van der Waals surface area contributed by atoms with E-state index in [0.29, 0.717) is 5.67 Å². The van der Waals surface area contributed by atoms with E-state index < -0.39 is 9.04 Å². The molecular weight excluding hydrogens is 130 g/mol. The molecular formula is C6H17NOSi. The highest BCUT2D eigenvalue weighted by Crippen LogP contribution is 1.94. The summed E-state index contributed by atoms with van der Waals surface area (Å²) in [7, 11) is -1.02. The maximum absolute atomic E-state index is 5.74. The summed E-state index contributed by atoms with van der Waals surface area (Å²) in [6.07, 6.45) is 1.05. The maximum atomic E-state index is 5.74. The van der Waals surface area contributed by atoms with E-state index in [2.05, 4.69) is 13.5 Å². The first-order valence-electron chi connectivity index (χ1n) is 3.59. The molecule has 0 aliphatic heterocycles. The predicted octanol–water partition coefficient (Wildman–Crippen LogP) is 0.653. The van der Waals surface area contributed by atoms with Gasteiger partial charge in [0.1, 0.15) is 0 Å². The first-order valence-corrected chi connectivity index (χ1v) is 5.88. The van der Waals surface area contributed by atoms with Crippen molar-refractivity contribution < 1.29 is 4.43 Å². The minimum atomic E-state index is -1.02. The summed E-state index contributed by atoms with van der Waals surface area (Å²) >= 11 is 0. The highest BCUT2D eigenvalue weighted by molar-refractivity contribution is 6.52. The van der Waals surface area contributed by atoms with E-state index in [9.17, 15) is 0 Å². The van der Waals surface area contributed by atoms with Gasteiger partial charge < -0.3 is 10.2 Å². The lowest BCUT2D eigenvalue weighted by atomic mass is 10.5. The molecule has 2 atom stereocenters. The molecule has 0 bridgehead atoms. The Morgan fingerprint density at radius 2 is 2.11 bits per heavy atom. The Balaban J connectivity index is 3.32. The molecule has 0 aliphatic rings. The Kier molecular flexibility index (Phi) is 5.04. The zero-order chi connectivity index (χ0) is 7.28. The van der Waals surface area contributed by atoms with Gasteiger partial charge in [0.15, 0.2) is 9.04 Å². The van der Waals surface area contributed by atoms with E-state index in [4.69, 9.17) is 10.2 Å². The number of hydrogen-bond donors (Lipinski definition) is 1. The van der Waals surface area contributed by atoms with E-state index >= 15 is 0 Å². The van der Waals surface area contributed by atoms with Crippen LogP contribution in [0.2, 0.25) is 6.55 Å². The normalized spacial score (nSPS) is 17.3. The number of hydrogen-bond acceptors (Lipinski definition) is 2. The first kappa shape index (κ1) is 9.14. The van der Waals surface area contributed by atoms with E-state index in [1.807, 2.05) is 6.92 Å². The van der Waals surface area contributed by atoms with Gasteiger partial charge in [-0.05, 0) is 19.9 Å². The van der Waals surface area contributed by atoms with E-state index in [1.165, 1.54) is 0 Å². The molecule has 2 N–H and O–H groups in total. The van der Waals surface area contributed by atoms with Gasteiger partial charge in [-0.3, -0.25) is 0 Å². The second kappa shape index (κ2) is 4.96. The predicted molar refractivity (Wildman–Crippen MR) is 42.9 cm³/mol. The van der Waals surface area contributed by atoms with Crippen LogP contribution in [0.4, 0.5) is 0 Å². The molecule has 2 unspecified atom stereocenters. The average Bonchev–Trinajstić information content (AvgIpc) is 1.87. The van der Waals surface area contributed by atoms with Crippen molar-refractivity contribution in [1.29, 1.82) is 0 Å². The Bertz CT molecular complexity index is 70.1. The molecule has 0 radical (unpaired) electrons. The Labute approximate surface area is 59.1 Å². The third-order valence-electron chi connectivity index (χ3n) is 1.50. The smallest absolute Gasteiger partial charge is 0.190 e. The fraction of sp³-hybridized carbons (Fsp3) is 1.00. The SMILES string of the molecule is CCO[SiH](C)C(N)CC. The quantitative estimate of drug-likeness (QED) is 0.593. The second-order valence-electron chi connectivity index (χ2n) is 2.23. The van der Waals surface area contributed by atoms with Gasteiger partial charge in [-0.2, -0.15) is 0 Å². The molecule has 0 aromatic heterocycles. The summed E-state index contributed by atoms with van der Waals surface area (Å²) in [5.41, 5.74) is 6.08. The zero-order valence-electron chi connectivity index (χ0n) is 6.55. The van der Waals surface area contributed by atoms with Crippen molar-refractivity contribution in [2.24, 2.45) is 5.73 Å². The fourth-order valence-electron chi connectivity index (χ4n) is 0.718. The summed E-state index contributed by atoms with van der Waals surface area (Å²) in [4.78, 5) is 0. The molecule has 0 aliphatic carbocycles. The van der Waals surface area contributed by atoms with Crippen LogP contribution in [-0.2, 0) is 4.43 Å². The molecule has 2 nitrogen and oxygen atoms in total. The monoisotopic (exact) mass is 147 g/mol. The lowest BCUT2D eigenvalue weighted by Crippen LogP contribution is -2.38. The molecule has 0 spiro atoms. The molecule has 0 saturated heterocycles. The van der Waals surface area contributed by atoms with E-state index in [-0.39, 0.29) is 0 Å². The van der Waals surface area contributed by atoms with Gasteiger partial charge in [-0.25, -0.2) is 0 Å². The average molecular weight is 147 g/mol. The van der Waals surface area contributed by atoms with Crippen LogP contribution < -0.4 is 5.73 Å². The van der Waals surface area contributed by atoms with Crippen molar-refractivity contribution in [3.05, 3.63) is 0 Å². The topological polar surface area (TPSA) is 35.2 Å². The third-order valence-corrected chi connectivity index (χ3v) is 4.04. The van der Waals surface area contributed by atoms with Crippen molar-refractivity contribution in [3.63, 3.8) is 0 Å².